The number of aromatic nitrogens is 5. The van der Waals surface area contributed by atoms with Crippen LogP contribution in [0.25, 0.3) is 22.9 Å². The summed E-state index contributed by atoms with van der Waals surface area (Å²) < 4.78 is 47.4. The lowest BCUT2D eigenvalue weighted by atomic mass is 9.96. The van der Waals surface area contributed by atoms with Crippen LogP contribution in [-0.2, 0) is 6.42 Å². The highest BCUT2D eigenvalue weighted by molar-refractivity contribution is 5.91. The van der Waals surface area contributed by atoms with Crippen molar-refractivity contribution < 1.29 is 22.6 Å². The van der Waals surface area contributed by atoms with Crippen molar-refractivity contribution >= 4 is 17.5 Å². The van der Waals surface area contributed by atoms with Crippen molar-refractivity contribution in [2.45, 2.75) is 38.5 Å². The van der Waals surface area contributed by atoms with Gasteiger partial charge >= 0.3 is 6.36 Å². The second-order valence-corrected chi connectivity index (χ2v) is 9.92. The number of anilines is 1. The zero-order valence-electron chi connectivity index (χ0n) is 22.0. The van der Waals surface area contributed by atoms with Crippen molar-refractivity contribution in [3.8, 4) is 22.9 Å². The van der Waals surface area contributed by atoms with E-state index in [2.05, 4.69) is 35.6 Å². The van der Waals surface area contributed by atoms with Gasteiger partial charge in [0.2, 0.25) is 5.88 Å². The smallest absolute Gasteiger partial charge is 0.481 e. The summed E-state index contributed by atoms with van der Waals surface area (Å²) in [5, 5.41) is 0. The number of fused-ring (bicyclic) bond motifs is 1. The molecule has 0 radical (unpaired) electrons. The molecular formula is C29H27F3N6O2. The van der Waals surface area contributed by atoms with Gasteiger partial charge in [-0.3, -0.25) is 0 Å². The molecule has 8 nitrogen and oxygen atoms in total. The maximum atomic E-state index is 12.7. The summed E-state index contributed by atoms with van der Waals surface area (Å²) in [6.07, 6.45) is 3.22. The predicted molar refractivity (Wildman–Crippen MR) is 144 cm³/mol. The Bertz CT molecular complexity index is 1570. The number of piperidine rings is 1. The summed E-state index contributed by atoms with van der Waals surface area (Å²) in [5.74, 6) is 2.28. The van der Waals surface area contributed by atoms with Gasteiger partial charge in [-0.2, -0.15) is 0 Å². The number of aryl methyl sites for hydroxylation is 1. The Hall–Kier alpha value is -4.41. The number of hydrogen-bond donors (Lipinski definition) is 1. The first-order chi connectivity index (χ1) is 19.3. The van der Waals surface area contributed by atoms with E-state index in [9.17, 15) is 13.2 Å². The number of alkyl halides is 3. The van der Waals surface area contributed by atoms with E-state index in [0.717, 1.165) is 72.1 Å². The summed E-state index contributed by atoms with van der Waals surface area (Å²) in [5.41, 5.74) is 6.25. The molecule has 1 aromatic carbocycles. The van der Waals surface area contributed by atoms with Crippen LogP contribution >= 0.6 is 0 Å². The molecule has 4 heterocycles. The summed E-state index contributed by atoms with van der Waals surface area (Å²) in [4.78, 5) is 23.8. The van der Waals surface area contributed by atoms with Crippen molar-refractivity contribution in [2.24, 2.45) is 0 Å². The number of halogens is 3. The average Bonchev–Trinajstić information content (AvgIpc) is 3.56. The number of hydrogen-bond acceptors (Lipinski definition) is 7. The van der Waals surface area contributed by atoms with Gasteiger partial charge in [-0.25, -0.2) is 19.9 Å². The van der Waals surface area contributed by atoms with Crippen molar-refractivity contribution in [2.75, 3.05) is 25.1 Å². The van der Waals surface area contributed by atoms with E-state index in [1.807, 2.05) is 19.1 Å². The summed E-state index contributed by atoms with van der Waals surface area (Å²) in [7, 11) is 1.60. The van der Waals surface area contributed by atoms with Crippen LogP contribution in [-0.4, -0.2) is 51.5 Å². The quantitative estimate of drug-likeness (QED) is 0.318. The zero-order valence-corrected chi connectivity index (χ0v) is 22.0. The fourth-order valence-corrected chi connectivity index (χ4v) is 5.44. The highest BCUT2D eigenvalue weighted by Gasteiger charge is 2.32. The molecule has 206 valence electrons. The minimum atomic E-state index is -4.74. The van der Waals surface area contributed by atoms with Crippen LogP contribution in [0.5, 0.6) is 11.6 Å². The minimum Gasteiger partial charge on any atom is -0.481 e. The minimum absolute atomic E-state index is 0.198. The number of aromatic amines is 1. The lowest BCUT2D eigenvalue weighted by Gasteiger charge is -2.32. The van der Waals surface area contributed by atoms with Crippen molar-refractivity contribution in [1.82, 2.24) is 24.9 Å². The molecule has 11 heteroatoms. The van der Waals surface area contributed by atoms with E-state index >= 15 is 0 Å². The molecule has 2 aliphatic rings. The molecule has 1 saturated heterocycles. The van der Waals surface area contributed by atoms with Crippen LogP contribution in [0.15, 0.2) is 48.9 Å². The van der Waals surface area contributed by atoms with E-state index in [4.69, 9.17) is 9.72 Å². The van der Waals surface area contributed by atoms with Crippen molar-refractivity contribution in [3.05, 3.63) is 77.3 Å². The first kappa shape index (κ1) is 25.8. The SMILES string of the molecule is COc1cc(C2=Cc3c(ncnc3N3CCC(c4nc(-c5cccc(OC(F)(F)F)c5)c(C)[nH]4)CC3)C2)ccn1. The number of H-pyrrole nitrogens is 1. The standard InChI is InChI=1S/C29H27F3N6O2/c1-17-26(20-4-3-5-22(12-20)40-29(30,31)32)37-27(36-17)18-7-10-38(11-8-18)28-23-13-21(14-24(23)34-16-35-28)19-6-9-33-25(15-19)39-2/h3-6,9,12-13,15-16,18H,7-8,10-11,14H2,1-2H3,(H,36,37). The van der Waals surface area contributed by atoms with Gasteiger partial charge in [-0.15, -0.1) is 13.2 Å². The molecule has 0 bridgehead atoms. The van der Waals surface area contributed by atoms with Crippen LogP contribution in [0.4, 0.5) is 19.0 Å². The molecule has 1 aliphatic heterocycles. The molecule has 0 atom stereocenters. The van der Waals surface area contributed by atoms with Crippen molar-refractivity contribution in [3.63, 3.8) is 0 Å². The van der Waals surface area contributed by atoms with Gasteiger partial charge in [0.25, 0.3) is 0 Å². The summed E-state index contributed by atoms with van der Waals surface area (Å²) >= 11 is 0. The van der Waals surface area contributed by atoms with E-state index in [0.29, 0.717) is 17.1 Å². The molecule has 0 saturated carbocycles. The van der Waals surface area contributed by atoms with Crippen LogP contribution in [0.1, 0.15) is 47.1 Å². The fourth-order valence-electron chi connectivity index (χ4n) is 5.44. The Kier molecular flexibility index (Phi) is 6.65. The predicted octanol–water partition coefficient (Wildman–Crippen LogP) is 5.96. The molecule has 0 amide bonds. The number of nitrogens with zero attached hydrogens (tertiary/aromatic N) is 5. The Morgan fingerprint density at radius 1 is 1.02 bits per heavy atom. The molecule has 3 aromatic heterocycles. The number of allylic oxidation sites excluding steroid dienone is 1. The third-order valence-corrected chi connectivity index (χ3v) is 7.36. The van der Waals surface area contributed by atoms with Crippen LogP contribution in [0.3, 0.4) is 0 Å². The van der Waals surface area contributed by atoms with Gasteiger partial charge in [0.15, 0.2) is 0 Å². The number of imidazole rings is 1. The molecule has 4 aromatic rings. The van der Waals surface area contributed by atoms with Gasteiger partial charge in [0.05, 0.1) is 18.5 Å². The largest absolute Gasteiger partial charge is 0.573 e. The first-order valence-electron chi connectivity index (χ1n) is 13.0. The van der Waals surface area contributed by atoms with Crippen LogP contribution in [0, 0.1) is 6.92 Å². The number of methoxy groups -OCH3 is 1. The van der Waals surface area contributed by atoms with Gasteiger partial charge in [0, 0.05) is 54.5 Å². The van der Waals surface area contributed by atoms with Crippen molar-refractivity contribution in [1.29, 1.82) is 0 Å². The van der Waals surface area contributed by atoms with Crippen LogP contribution in [0.2, 0.25) is 0 Å². The van der Waals surface area contributed by atoms with E-state index < -0.39 is 6.36 Å². The molecule has 0 spiro atoms. The van der Waals surface area contributed by atoms with Gasteiger partial charge in [-0.1, -0.05) is 12.1 Å². The molecule has 1 aliphatic carbocycles. The third kappa shape index (κ3) is 5.23. The number of ether oxygens (including phenoxy) is 2. The normalized spacial score (nSPS) is 15.6. The topological polar surface area (TPSA) is 89.0 Å². The maximum absolute atomic E-state index is 12.7. The first-order valence-corrected chi connectivity index (χ1v) is 13.0. The molecular weight excluding hydrogens is 521 g/mol. The third-order valence-electron chi connectivity index (χ3n) is 7.36. The molecule has 40 heavy (non-hydrogen) atoms. The van der Waals surface area contributed by atoms with E-state index in [1.165, 1.54) is 18.2 Å². The van der Waals surface area contributed by atoms with Gasteiger partial charge in [0.1, 0.15) is 23.7 Å². The maximum Gasteiger partial charge on any atom is 0.573 e. The Balaban J connectivity index is 1.17. The molecule has 1 fully saturated rings. The zero-order chi connectivity index (χ0) is 27.9. The lowest BCUT2D eigenvalue weighted by molar-refractivity contribution is -0.274. The van der Waals surface area contributed by atoms with E-state index in [-0.39, 0.29) is 11.7 Å². The van der Waals surface area contributed by atoms with Gasteiger partial charge in [-0.05, 0) is 55.2 Å². The number of nitrogens with one attached hydrogen (secondary N) is 1. The second-order valence-electron chi connectivity index (χ2n) is 9.92. The highest BCUT2D eigenvalue weighted by Crippen LogP contribution is 2.38. The molecule has 0 unspecified atom stereocenters. The molecule has 6 rings (SSSR count). The van der Waals surface area contributed by atoms with E-state index in [1.54, 1.807) is 25.7 Å². The highest BCUT2D eigenvalue weighted by atomic mass is 19.4. The fraction of sp³-hybridized carbons (Fsp3) is 0.310. The van der Waals surface area contributed by atoms with Crippen LogP contribution < -0.4 is 14.4 Å². The monoisotopic (exact) mass is 548 g/mol. The summed E-state index contributed by atoms with van der Waals surface area (Å²) in [6.45, 7) is 3.47. The Labute approximate surface area is 228 Å². The Morgan fingerprint density at radius 2 is 1.85 bits per heavy atom. The second kappa shape index (κ2) is 10.3. The number of rotatable bonds is 6. The Morgan fingerprint density at radius 3 is 2.62 bits per heavy atom. The van der Waals surface area contributed by atoms with Gasteiger partial charge < -0.3 is 19.4 Å². The number of pyridine rings is 1. The number of benzene rings is 1. The summed E-state index contributed by atoms with van der Waals surface area (Å²) in [6, 6.07) is 9.81. The average molecular weight is 549 g/mol. The molecule has 1 N–H and O–H groups in total. The lowest BCUT2D eigenvalue weighted by Crippen LogP contribution is -2.34.